The fourth-order valence-electron chi connectivity index (χ4n) is 5.63. The first-order chi connectivity index (χ1) is 20.0. The second kappa shape index (κ2) is 11.8. The third-order valence-corrected chi connectivity index (χ3v) is 7.72. The van der Waals surface area contributed by atoms with Crippen molar-refractivity contribution < 1.29 is 29.0 Å². The number of ether oxygens (including phenoxy) is 2. The number of rotatable bonds is 6. The Morgan fingerprint density at radius 2 is 1.52 bits per heavy atom. The maximum atomic E-state index is 13.1. The lowest BCUT2D eigenvalue weighted by atomic mass is 9.98. The van der Waals surface area contributed by atoms with E-state index in [1.165, 1.54) is 0 Å². The van der Waals surface area contributed by atoms with Gasteiger partial charge in [0.15, 0.2) is 0 Å². The first-order valence-corrected chi connectivity index (χ1v) is 14.2. The molecule has 2 amide bonds. The number of fused-ring (bicyclic) bond motifs is 3. The van der Waals surface area contributed by atoms with Crippen LogP contribution < -0.4 is 10.2 Å². The highest BCUT2D eigenvalue weighted by molar-refractivity contribution is 5.88. The van der Waals surface area contributed by atoms with Crippen LogP contribution in [0.5, 0.6) is 0 Å². The number of hydrogen-bond acceptors (Lipinski definition) is 6. The van der Waals surface area contributed by atoms with E-state index in [1.54, 1.807) is 11.8 Å². The fraction of sp³-hybridized carbons (Fsp3) is 0.364. The molecule has 2 N–H and O–H groups in total. The quantitative estimate of drug-likeness (QED) is 0.371. The maximum Gasteiger partial charge on any atom is 0.411 e. The summed E-state index contributed by atoms with van der Waals surface area (Å²) in [6.45, 7) is 9.49. The van der Waals surface area contributed by atoms with Crippen molar-refractivity contribution in [2.45, 2.75) is 45.6 Å². The highest BCUT2D eigenvalue weighted by Gasteiger charge is 2.30. The lowest BCUT2D eigenvalue weighted by Gasteiger charge is -2.37. The van der Waals surface area contributed by atoms with Gasteiger partial charge in [0.25, 0.3) is 0 Å². The van der Waals surface area contributed by atoms with E-state index in [-0.39, 0.29) is 25.0 Å². The van der Waals surface area contributed by atoms with Crippen LogP contribution in [0, 0.1) is 6.92 Å². The van der Waals surface area contributed by atoms with Gasteiger partial charge in [0.1, 0.15) is 12.2 Å². The Morgan fingerprint density at radius 3 is 2.10 bits per heavy atom. The molecule has 0 spiro atoms. The Labute approximate surface area is 246 Å². The summed E-state index contributed by atoms with van der Waals surface area (Å²) >= 11 is 0. The SMILES string of the molecule is Cc1c(CC(=O)O)cc(N2CCN(C(=O)OC(C)(C)C)CC2)cc1NC(=O)OCC1c2ccccc2-c2ccccc21. The molecular weight excluding hydrogens is 534 g/mol. The third-order valence-electron chi connectivity index (χ3n) is 7.72. The molecule has 0 atom stereocenters. The summed E-state index contributed by atoms with van der Waals surface area (Å²) in [7, 11) is 0. The van der Waals surface area contributed by atoms with Gasteiger partial charge in [-0.25, -0.2) is 9.59 Å². The maximum absolute atomic E-state index is 13.1. The Morgan fingerprint density at radius 1 is 0.929 bits per heavy atom. The van der Waals surface area contributed by atoms with Crippen molar-refractivity contribution in [3.8, 4) is 11.1 Å². The molecule has 1 aliphatic carbocycles. The third kappa shape index (κ3) is 6.35. The van der Waals surface area contributed by atoms with Crippen LogP contribution in [-0.4, -0.2) is 66.5 Å². The van der Waals surface area contributed by atoms with E-state index in [0.29, 0.717) is 43.0 Å². The molecule has 3 aromatic rings. The van der Waals surface area contributed by atoms with Gasteiger partial charge in [-0.3, -0.25) is 10.1 Å². The molecule has 42 heavy (non-hydrogen) atoms. The largest absolute Gasteiger partial charge is 0.481 e. The van der Waals surface area contributed by atoms with Crippen molar-refractivity contribution in [1.82, 2.24) is 4.90 Å². The van der Waals surface area contributed by atoms with E-state index >= 15 is 0 Å². The Kier molecular flexibility index (Phi) is 8.11. The van der Waals surface area contributed by atoms with Gasteiger partial charge < -0.3 is 24.4 Å². The molecule has 1 heterocycles. The molecule has 1 saturated heterocycles. The summed E-state index contributed by atoms with van der Waals surface area (Å²) in [5, 5.41) is 12.4. The number of carbonyl (C=O) groups is 3. The van der Waals surface area contributed by atoms with Crippen LogP contribution >= 0.6 is 0 Å². The molecule has 220 valence electrons. The van der Waals surface area contributed by atoms with Crippen LogP contribution in [0.1, 0.15) is 48.9 Å². The number of carbonyl (C=O) groups excluding carboxylic acids is 2. The zero-order chi connectivity index (χ0) is 30.0. The number of carboxylic acids is 1. The summed E-state index contributed by atoms with van der Waals surface area (Å²) in [5.41, 5.74) is 6.51. The number of nitrogens with zero attached hydrogens (tertiary/aromatic N) is 2. The first kappa shape index (κ1) is 29.0. The first-order valence-electron chi connectivity index (χ1n) is 14.2. The van der Waals surface area contributed by atoms with Gasteiger partial charge >= 0.3 is 18.2 Å². The summed E-state index contributed by atoms with van der Waals surface area (Å²) in [6.07, 6.45) is -1.14. The van der Waals surface area contributed by atoms with Crippen LogP contribution in [-0.2, 0) is 20.7 Å². The van der Waals surface area contributed by atoms with E-state index in [1.807, 2.05) is 57.2 Å². The average Bonchev–Trinajstić information content (AvgIpc) is 3.26. The zero-order valence-corrected chi connectivity index (χ0v) is 24.5. The van der Waals surface area contributed by atoms with E-state index in [9.17, 15) is 19.5 Å². The molecule has 9 heteroatoms. The normalized spacial score (nSPS) is 14.7. The van der Waals surface area contributed by atoms with E-state index in [4.69, 9.17) is 9.47 Å². The Bertz CT molecular complexity index is 1460. The highest BCUT2D eigenvalue weighted by atomic mass is 16.6. The molecule has 0 radical (unpaired) electrons. The van der Waals surface area contributed by atoms with Gasteiger partial charge in [0, 0.05) is 43.5 Å². The van der Waals surface area contributed by atoms with E-state index in [2.05, 4.69) is 34.5 Å². The number of hydrogen-bond donors (Lipinski definition) is 2. The van der Waals surface area contributed by atoms with Crippen molar-refractivity contribution >= 4 is 29.5 Å². The van der Waals surface area contributed by atoms with Crippen LogP contribution in [0.4, 0.5) is 21.0 Å². The highest BCUT2D eigenvalue weighted by Crippen LogP contribution is 2.44. The predicted octanol–water partition coefficient (Wildman–Crippen LogP) is 6.04. The number of nitrogens with one attached hydrogen (secondary N) is 1. The molecule has 2 aliphatic rings. The molecule has 5 rings (SSSR count). The van der Waals surface area contributed by atoms with E-state index in [0.717, 1.165) is 27.9 Å². The smallest absolute Gasteiger partial charge is 0.411 e. The van der Waals surface area contributed by atoms with Crippen LogP contribution in [0.25, 0.3) is 11.1 Å². The second-order valence-corrected chi connectivity index (χ2v) is 11.8. The van der Waals surface area contributed by atoms with Crippen LogP contribution in [0.3, 0.4) is 0 Å². The molecule has 3 aromatic carbocycles. The molecule has 0 unspecified atom stereocenters. The molecule has 1 aliphatic heterocycles. The van der Waals surface area contributed by atoms with Crippen molar-refractivity contribution in [3.05, 3.63) is 82.9 Å². The predicted molar refractivity (Wildman–Crippen MR) is 161 cm³/mol. The second-order valence-electron chi connectivity index (χ2n) is 11.8. The van der Waals surface area contributed by atoms with Crippen LogP contribution in [0.2, 0.25) is 0 Å². The summed E-state index contributed by atoms with van der Waals surface area (Å²) in [5.74, 6) is -1.03. The van der Waals surface area contributed by atoms with Gasteiger partial charge in [-0.15, -0.1) is 0 Å². The number of anilines is 2. The topological polar surface area (TPSA) is 108 Å². The van der Waals surface area contributed by atoms with Crippen molar-refractivity contribution in [1.29, 1.82) is 0 Å². The minimum absolute atomic E-state index is 0.0700. The minimum atomic E-state index is -0.961. The van der Waals surface area contributed by atoms with Crippen LogP contribution in [0.15, 0.2) is 60.7 Å². The average molecular weight is 572 g/mol. The molecule has 0 saturated carbocycles. The molecule has 9 nitrogen and oxygen atoms in total. The standard InChI is InChI=1S/C33H37N3O6/c1-21-22(18-30(37)38)17-23(35-13-15-36(16-14-35)32(40)42-33(2,3)4)19-29(21)34-31(39)41-20-28-26-11-7-5-9-24(26)25-10-6-8-12-27(25)28/h5-12,17,19,28H,13-16,18,20H2,1-4H3,(H,34,39)(H,37,38). The van der Waals surface area contributed by atoms with Gasteiger partial charge in [-0.1, -0.05) is 48.5 Å². The molecule has 1 fully saturated rings. The zero-order valence-electron chi connectivity index (χ0n) is 24.5. The van der Waals surface area contributed by atoms with E-state index < -0.39 is 17.7 Å². The van der Waals surface area contributed by atoms with Crippen molar-refractivity contribution in [2.75, 3.05) is 43.0 Å². The monoisotopic (exact) mass is 571 g/mol. The molecule has 0 aromatic heterocycles. The Hall–Kier alpha value is -4.53. The van der Waals surface area contributed by atoms with Crippen molar-refractivity contribution in [3.63, 3.8) is 0 Å². The summed E-state index contributed by atoms with van der Waals surface area (Å²) in [6, 6.07) is 20.0. The van der Waals surface area contributed by atoms with Gasteiger partial charge in [0.05, 0.1) is 6.42 Å². The molecular formula is C33H37N3O6. The summed E-state index contributed by atoms with van der Waals surface area (Å²) < 4.78 is 11.2. The number of carboxylic acid groups (broad SMARTS) is 1. The molecule has 0 bridgehead atoms. The number of amides is 2. The van der Waals surface area contributed by atoms with Gasteiger partial charge in [0.2, 0.25) is 0 Å². The lowest BCUT2D eigenvalue weighted by Crippen LogP contribution is -2.50. The lowest BCUT2D eigenvalue weighted by molar-refractivity contribution is -0.136. The fourth-order valence-corrected chi connectivity index (χ4v) is 5.63. The number of aliphatic carboxylic acids is 1. The van der Waals surface area contributed by atoms with Gasteiger partial charge in [-0.05, 0) is 73.2 Å². The number of piperazine rings is 1. The van der Waals surface area contributed by atoms with Gasteiger partial charge in [-0.2, -0.15) is 0 Å². The van der Waals surface area contributed by atoms with Crippen molar-refractivity contribution in [2.24, 2.45) is 0 Å². The summed E-state index contributed by atoms with van der Waals surface area (Å²) in [4.78, 5) is 41.0. The number of benzene rings is 3. The minimum Gasteiger partial charge on any atom is -0.481 e. The Balaban J connectivity index is 1.29.